The molecular weight excluding hydrogens is 352 g/mol. The predicted octanol–water partition coefficient (Wildman–Crippen LogP) is 3.11. The van der Waals surface area contributed by atoms with E-state index in [2.05, 4.69) is 21.1 Å². The lowest BCUT2D eigenvalue weighted by atomic mass is 10.0. The van der Waals surface area contributed by atoms with Gasteiger partial charge in [0.25, 0.3) is 0 Å². The number of Topliss-reactive ketones (excluding diaryl/α,β-unsaturated/α-hetero) is 1. The number of ketones is 1. The van der Waals surface area contributed by atoms with Crippen molar-refractivity contribution in [2.75, 3.05) is 0 Å². The molecule has 1 fully saturated rings. The number of nitrogens with zero attached hydrogens (tertiary/aromatic N) is 6. The summed E-state index contributed by atoms with van der Waals surface area (Å²) in [6, 6.07) is 9.56. The Labute approximate surface area is 160 Å². The third-order valence-electron chi connectivity index (χ3n) is 4.98. The molecule has 4 aromatic heterocycles. The summed E-state index contributed by atoms with van der Waals surface area (Å²) in [5, 5.41) is 13.6. The number of pyridine rings is 2. The number of carbonyl (C=O) groups excluding carboxylic acids is 1. The van der Waals surface area contributed by atoms with Crippen molar-refractivity contribution >= 4 is 11.4 Å². The Bertz CT molecular complexity index is 1240. The lowest BCUT2D eigenvalue weighted by Gasteiger charge is -2.08. The highest BCUT2D eigenvalue weighted by molar-refractivity contribution is 5.84. The molecule has 4 heterocycles. The number of aromatic nitrogens is 5. The normalized spacial score (nSPS) is 13.5. The Morgan fingerprint density at radius 3 is 2.93 bits per heavy atom. The molecule has 0 atom stereocenters. The molecule has 0 spiro atoms. The van der Waals surface area contributed by atoms with E-state index in [0.29, 0.717) is 17.9 Å². The van der Waals surface area contributed by atoms with E-state index in [9.17, 15) is 10.1 Å². The molecule has 0 N–H and O–H groups in total. The summed E-state index contributed by atoms with van der Waals surface area (Å²) in [5.41, 5.74) is 4.43. The first-order chi connectivity index (χ1) is 13.7. The summed E-state index contributed by atoms with van der Waals surface area (Å²) in [6.45, 7) is 0.295. The molecule has 4 aromatic rings. The summed E-state index contributed by atoms with van der Waals surface area (Å²) in [4.78, 5) is 20.9. The Balaban J connectivity index is 1.56. The lowest BCUT2D eigenvalue weighted by molar-refractivity contribution is -0.120. The van der Waals surface area contributed by atoms with Gasteiger partial charge in [-0.25, -0.2) is 9.97 Å². The molecule has 0 bridgehead atoms. The van der Waals surface area contributed by atoms with Crippen molar-refractivity contribution in [1.29, 1.82) is 5.26 Å². The van der Waals surface area contributed by atoms with E-state index in [-0.39, 0.29) is 11.7 Å². The summed E-state index contributed by atoms with van der Waals surface area (Å²) < 4.78 is 3.59. The van der Waals surface area contributed by atoms with E-state index in [0.717, 1.165) is 35.2 Å². The third kappa shape index (κ3) is 2.95. The minimum atomic E-state index is 0.209. The van der Waals surface area contributed by atoms with Crippen LogP contribution in [0.3, 0.4) is 0 Å². The molecule has 136 valence electrons. The summed E-state index contributed by atoms with van der Waals surface area (Å²) in [5.74, 6) is 0.443. The van der Waals surface area contributed by atoms with E-state index in [1.807, 2.05) is 41.2 Å². The molecule has 0 aliphatic heterocycles. The quantitative estimate of drug-likeness (QED) is 0.540. The van der Waals surface area contributed by atoms with Crippen LogP contribution in [-0.2, 0) is 11.3 Å². The van der Waals surface area contributed by atoms with Gasteiger partial charge in [0.15, 0.2) is 5.78 Å². The maximum absolute atomic E-state index is 12.1. The van der Waals surface area contributed by atoms with Crippen LogP contribution < -0.4 is 0 Å². The van der Waals surface area contributed by atoms with Gasteiger partial charge in [-0.3, -0.25) is 9.48 Å². The van der Waals surface area contributed by atoms with Gasteiger partial charge in [-0.2, -0.15) is 10.4 Å². The van der Waals surface area contributed by atoms with Gasteiger partial charge in [-0.15, -0.1) is 0 Å². The van der Waals surface area contributed by atoms with Crippen molar-refractivity contribution in [2.24, 2.45) is 5.92 Å². The SMILES string of the molecule is N#Cc1ccc(-c2cnn(CC(=O)C3CC3)c2)c(-c2ccn3ccnc3c2)n1. The first-order valence-corrected chi connectivity index (χ1v) is 9.11. The topological polar surface area (TPSA) is 88.9 Å². The van der Waals surface area contributed by atoms with E-state index in [1.165, 1.54) is 0 Å². The van der Waals surface area contributed by atoms with Gasteiger partial charge in [-0.1, -0.05) is 0 Å². The van der Waals surface area contributed by atoms with Crippen LogP contribution in [0.2, 0.25) is 0 Å². The van der Waals surface area contributed by atoms with Crippen molar-refractivity contribution < 1.29 is 4.79 Å². The summed E-state index contributed by atoms with van der Waals surface area (Å²) >= 11 is 0. The number of fused-ring (bicyclic) bond motifs is 1. The predicted molar refractivity (Wildman–Crippen MR) is 102 cm³/mol. The smallest absolute Gasteiger partial charge is 0.157 e. The fourth-order valence-electron chi connectivity index (χ4n) is 3.32. The molecule has 0 unspecified atom stereocenters. The van der Waals surface area contributed by atoms with Crippen LogP contribution >= 0.6 is 0 Å². The fourth-order valence-corrected chi connectivity index (χ4v) is 3.32. The molecule has 0 aromatic carbocycles. The Hall–Kier alpha value is -3.79. The molecule has 28 heavy (non-hydrogen) atoms. The van der Waals surface area contributed by atoms with Crippen LogP contribution in [0.25, 0.3) is 28.0 Å². The van der Waals surface area contributed by atoms with Crippen molar-refractivity contribution in [3.05, 3.63) is 60.9 Å². The van der Waals surface area contributed by atoms with E-state index >= 15 is 0 Å². The van der Waals surface area contributed by atoms with Crippen molar-refractivity contribution in [1.82, 2.24) is 24.1 Å². The molecule has 5 rings (SSSR count). The average Bonchev–Trinajstić information content (AvgIpc) is 3.30. The third-order valence-corrected chi connectivity index (χ3v) is 4.98. The van der Waals surface area contributed by atoms with Crippen LogP contribution in [0.1, 0.15) is 18.5 Å². The molecule has 7 heteroatoms. The zero-order chi connectivity index (χ0) is 19.1. The van der Waals surface area contributed by atoms with E-state index in [4.69, 9.17) is 0 Å². The van der Waals surface area contributed by atoms with Crippen LogP contribution in [0.15, 0.2) is 55.2 Å². The van der Waals surface area contributed by atoms with Crippen LogP contribution in [-0.4, -0.2) is 29.9 Å². The minimum absolute atomic E-state index is 0.209. The highest BCUT2D eigenvalue weighted by Gasteiger charge is 2.29. The van der Waals surface area contributed by atoms with Gasteiger partial charge < -0.3 is 4.40 Å². The average molecular weight is 368 g/mol. The number of nitriles is 1. The number of hydrogen-bond acceptors (Lipinski definition) is 5. The second kappa shape index (κ2) is 6.43. The molecule has 1 saturated carbocycles. The van der Waals surface area contributed by atoms with Crippen LogP contribution in [0.4, 0.5) is 0 Å². The molecule has 7 nitrogen and oxygen atoms in total. The highest BCUT2D eigenvalue weighted by Crippen LogP contribution is 2.32. The first kappa shape index (κ1) is 16.4. The van der Waals surface area contributed by atoms with Crippen LogP contribution in [0.5, 0.6) is 0 Å². The first-order valence-electron chi connectivity index (χ1n) is 9.11. The Morgan fingerprint density at radius 1 is 1.21 bits per heavy atom. The van der Waals surface area contributed by atoms with E-state index < -0.39 is 0 Å². The summed E-state index contributed by atoms with van der Waals surface area (Å²) in [6.07, 6.45) is 11.1. The summed E-state index contributed by atoms with van der Waals surface area (Å²) in [7, 11) is 0. The zero-order valence-corrected chi connectivity index (χ0v) is 15.0. The monoisotopic (exact) mass is 368 g/mol. The van der Waals surface area contributed by atoms with Crippen LogP contribution in [0, 0.1) is 17.2 Å². The van der Waals surface area contributed by atoms with Crippen molar-refractivity contribution in [3.8, 4) is 28.5 Å². The molecule has 0 saturated heterocycles. The maximum atomic E-state index is 12.1. The van der Waals surface area contributed by atoms with E-state index in [1.54, 1.807) is 23.1 Å². The lowest BCUT2D eigenvalue weighted by Crippen LogP contribution is -2.11. The Morgan fingerprint density at radius 2 is 2.11 bits per heavy atom. The fraction of sp³-hybridized carbons (Fsp3) is 0.190. The standard InChI is InChI=1S/C21H16N6O/c22-10-17-3-4-18(16-11-24-27(12-16)13-19(28)14-1-2-14)21(25-17)15-5-7-26-8-6-23-20(26)9-15/h3-9,11-12,14H,1-2,13H2. The van der Waals surface area contributed by atoms with Gasteiger partial charge in [0.05, 0.1) is 18.4 Å². The number of imidazole rings is 1. The van der Waals surface area contributed by atoms with Gasteiger partial charge in [0.1, 0.15) is 17.4 Å². The van der Waals surface area contributed by atoms with Gasteiger partial charge in [0, 0.05) is 47.4 Å². The zero-order valence-electron chi connectivity index (χ0n) is 15.0. The number of carbonyl (C=O) groups is 1. The number of rotatable bonds is 5. The Kier molecular flexibility index (Phi) is 3.76. The number of hydrogen-bond donors (Lipinski definition) is 0. The molecular formula is C21H16N6O. The van der Waals surface area contributed by atoms with Gasteiger partial charge in [0.2, 0.25) is 0 Å². The second-order valence-electron chi connectivity index (χ2n) is 6.98. The molecule has 0 amide bonds. The van der Waals surface area contributed by atoms with Gasteiger partial charge in [-0.05, 0) is 37.1 Å². The molecule has 0 radical (unpaired) electrons. The van der Waals surface area contributed by atoms with Crippen molar-refractivity contribution in [2.45, 2.75) is 19.4 Å². The minimum Gasteiger partial charge on any atom is -0.307 e. The molecule has 1 aliphatic rings. The van der Waals surface area contributed by atoms with Crippen molar-refractivity contribution in [3.63, 3.8) is 0 Å². The molecule has 1 aliphatic carbocycles. The van der Waals surface area contributed by atoms with Gasteiger partial charge >= 0.3 is 0 Å². The highest BCUT2D eigenvalue weighted by atomic mass is 16.1. The second-order valence-corrected chi connectivity index (χ2v) is 6.98. The largest absolute Gasteiger partial charge is 0.307 e. The maximum Gasteiger partial charge on any atom is 0.157 e.